The molecule has 10 nitrogen and oxygen atoms in total. The Hall–Kier alpha value is -4.00. The van der Waals surface area contributed by atoms with Gasteiger partial charge in [0.05, 0.1) is 10.5 Å². The lowest BCUT2D eigenvalue weighted by molar-refractivity contribution is -0.385. The second-order valence-corrected chi connectivity index (χ2v) is 6.24. The zero-order valence-corrected chi connectivity index (χ0v) is 14.7. The molecule has 0 amide bonds. The average molecular weight is 377 g/mol. The fourth-order valence-corrected chi connectivity index (χ4v) is 3.31. The van der Waals surface area contributed by atoms with Crippen LogP contribution in [0.5, 0.6) is 0 Å². The van der Waals surface area contributed by atoms with Crippen LogP contribution in [0.1, 0.15) is 5.56 Å². The predicted octanol–water partition coefficient (Wildman–Crippen LogP) is 1.20. The van der Waals surface area contributed by atoms with E-state index in [0.717, 1.165) is 0 Å². The van der Waals surface area contributed by atoms with E-state index in [2.05, 4.69) is 16.0 Å². The van der Waals surface area contributed by atoms with E-state index >= 15 is 0 Å². The first-order valence-electron chi connectivity index (χ1n) is 8.61. The molecule has 0 atom stereocenters. The van der Waals surface area contributed by atoms with Crippen LogP contribution < -0.4 is 15.4 Å². The van der Waals surface area contributed by atoms with Crippen molar-refractivity contribution in [3.05, 3.63) is 68.8 Å². The normalized spacial score (nSPS) is 14.1. The summed E-state index contributed by atoms with van der Waals surface area (Å²) in [7, 11) is 0. The van der Waals surface area contributed by atoms with Crippen LogP contribution in [0.3, 0.4) is 0 Å². The number of hydrogen-bond donors (Lipinski definition) is 0. The zero-order valence-electron chi connectivity index (χ0n) is 14.7. The van der Waals surface area contributed by atoms with Gasteiger partial charge in [-0.3, -0.25) is 19.3 Å². The van der Waals surface area contributed by atoms with Crippen LogP contribution in [-0.4, -0.2) is 45.5 Å². The second kappa shape index (κ2) is 6.96. The number of aromatic nitrogens is 3. The minimum atomic E-state index is -0.704. The lowest BCUT2D eigenvalue weighted by Gasteiger charge is -2.35. The smallest absolute Gasteiger partial charge is 0.352 e. The first kappa shape index (κ1) is 17.4. The number of nitriles is 1. The Bertz CT molecular complexity index is 1160. The highest BCUT2D eigenvalue weighted by Crippen LogP contribution is 2.25. The van der Waals surface area contributed by atoms with Crippen molar-refractivity contribution in [1.82, 2.24) is 14.4 Å². The number of anilines is 2. The molecule has 1 aliphatic heterocycles. The van der Waals surface area contributed by atoms with Gasteiger partial charge >= 0.3 is 11.2 Å². The van der Waals surface area contributed by atoms with Gasteiger partial charge in [-0.2, -0.15) is 5.26 Å². The summed E-state index contributed by atoms with van der Waals surface area (Å²) < 4.78 is 1.17. The van der Waals surface area contributed by atoms with Crippen LogP contribution in [0.15, 0.2) is 47.5 Å². The molecule has 0 radical (unpaired) electrons. The van der Waals surface area contributed by atoms with Crippen molar-refractivity contribution in [3.8, 4) is 6.07 Å². The number of rotatable bonds is 3. The van der Waals surface area contributed by atoms with Crippen molar-refractivity contribution < 1.29 is 4.92 Å². The van der Waals surface area contributed by atoms with Crippen LogP contribution in [0, 0.1) is 21.4 Å². The summed E-state index contributed by atoms with van der Waals surface area (Å²) >= 11 is 0. The Morgan fingerprint density at radius 3 is 2.46 bits per heavy atom. The summed E-state index contributed by atoms with van der Waals surface area (Å²) in [5.41, 5.74) is -0.409. The molecule has 10 heteroatoms. The quantitative estimate of drug-likeness (QED) is 0.493. The van der Waals surface area contributed by atoms with Crippen molar-refractivity contribution in [1.29, 1.82) is 5.26 Å². The van der Waals surface area contributed by atoms with Gasteiger partial charge in [-0.05, 0) is 24.3 Å². The zero-order chi connectivity index (χ0) is 19.7. The molecule has 0 unspecified atom stereocenters. The van der Waals surface area contributed by atoms with E-state index in [1.54, 1.807) is 41.4 Å². The van der Waals surface area contributed by atoms with Crippen LogP contribution in [0.25, 0.3) is 5.65 Å². The maximum Gasteiger partial charge on any atom is 0.376 e. The second-order valence-electron chi connectivity index (χ2n) is 6.24. The molecule has 4 rings (SSSR count). The molecule has 3 aromatic rings. The van der Waals surface area contributed by atoms with E-state index < -0.39 is 16.2 Å². The Morgan fingerprint density at radius 2 is 1.79 bits per heavy atom. The number of nitrogens with zero attached hydrogens (tertiary/aromatic N) is 7. The Balaban J connectivity index is 1.67. The van der Waals surface area contributed by atoms with Gasteiger partial charge in [0, 0.05) is 38.6 Å². The molecule has 28 heavy (non-hydrogen) atoms. The summed E-state index contributed by atoms with van der Waals surface area (Å²) in [4.78, 5) is 35.8. The largest absolute Gasteiger partial charge is 0.376 e. The van der Waals surface area contributed by atoms with Crippen molar-refractivity contribution in [2.75, 3.05) is 36.0 Å². The summed E-state index contributed by atoms with van der Waals surface area (Å²) in [6, 6.07) is 10.5. The van der Waals surface area contributed by atoms with Crippen LogP contribution in [-0.2, 0) is 0 Å². The van der Waals surface area contributed by atoms with Crippen LogP contribution in [0.4, 0.5) is 17.3 Å². The van der Waals surface area contributed by atoms with E-state index in [4.69, 9.17) is 0 Å². The minimum absolute atomic E-state index is 0.0716. The average Bonchev–Trinajstić information content (AvgIpc) is 2.73. The molecule has 1 fully saturated rings. The molecule has 0 N–H and O–H groups in total. The first-order chi connectivity index (χ1) is 13.6. The number of pyridine rings is 2. The van der Waals surface area contributed by atoms with E-state index in [1.807, 2.05) is 4.90 Å². The molecule has 3 aromatic heterocycles. The monoisotopic (exact) mass is 377 g/mol. The Labute approximate surface area is 159 Å². The summed E-state index contributed by atoms with van der Waals surface area (Å²) in [5, 5.41) is 20.8. The fraction of sp³-hybridized carbons (Fsp3) is 0.222. The lowest BCUT2D eigenvalue weighted by atomic mass is 10.2. The molecule has 0 bridgehead atoms. The van der Waals surface area contributed by atoms with Crippen LogP contribution in [0.2, 0.25) is 0 Å². The molecule has 1 saturated heterocycles. The van der Waals surface area contributed by atoms with Gasteiger partial charge in [0.1, 0.15) is 17.5 Å². The SMILES string of the molecule is N#Cc1cccnc1N1CCN(c2nc3ccccn3c(=O)c2[N+](=O)[O-])CC1. The number of hydrogen-bond acceptors (Lipinski definition) is 8. The third-order valence-electron chi connectivity index (χ3n) is 4.66. The fourth-order valence-electron chi connectivity index (χ4n) is 3.31. The third kappa shape index (κ3) is 2.88. The lowest BCUT2D eigenvalue weighted by Crippen LogP contribution is -2.48. The maximum atomic E-state index is 12.6. The molecular weight excluding hydrogens is 362 g/mol. The number of piperazine rings is 1. The van der Waals surface area contributed by atoms with E-state index in [9.17, 15) is 20.2 Å². The molecule has 4 heterocycles. The molecule has 140 valence electrons. The van der Waals surface area contributed by atoms with Gasteiger partial charge in [-0.1, -0.05) is 6.07 Å². The van der Waals surface area contributed by atoms with Gasteiger partial charge < -0.3 is 9.80 Å². The summed E-state index contributed by atoms with van der Waals surface area (Å²) in [6.07, 6.45) is 3.09. The minimum Gasteiger partial charge on any atom is -0.352 e. The van der Waals surface area contributed by atoms with Gasteiger partial charge in [0.25, 0.3) is 0 Å². The molecule has 1 aliphatic rings. The van der Waals surface area contributed by atoms with E-state index in [0.29, 0.717) is 43.2 Å². The Morgan fingerprint density at radius 1 is 1.07 bits per heavy atom. The topological polar surface area (TPSA) is 121 Å². The molecule has 0 spiro atoms. The predicted molar refractivity (Wildman–Crippen MR) is 101 cm³/mol. The van der Waals surface area contributed by atoms with Crippen molar-refractivity contribution >= 4 is 23.0 Å². The van der Waals surface area contributed by atoms with Gasteiger partial charge in [-0.15, -0.1) is 0 Å². The van der Waals surface area contributed by atoms with E-state index in [1.165, 1.54) is 10.6 Å². The Kier molecular flexibility index (Phi) is 4.33. The highest BCUT2D eigenvalue weighted by atomic mass is 16.6. The van der Waals surface area contributed by atoms with Crippen molar-refractivity contribution in [2.24, 2.45) is 0 Å². The molecule has 0 aliphatic carbocycles. The van der Waals surface area contributed by atoms with E-state index in [-0.39, 0.29) is 5.82 Å². The van der Waals surface area contributed by atoms with Crippen LogP contribution >= 0.6 is 0 Å². The molecule has 0 saturated carbocycles. The van der Waals surface area contributed by atoms with Crippen molar-refractivity contribution in [3.63, 3.8) is 0 Å². The van der Waals surface area contributed by atoms with Gasteiger partial charge in [0.2, 0.25) is 5.82 Å². The van der Waals surface area contributed by atoms with Crippen molar-refractivity contribution in [2.45, 2.75) is 0 Å². The van der Waals surface area contributed by atoms with Gasteiger partial charge in [-0.25, -0.2) is 9.97 Å². The maximum absolute atomic E-state index is 12.6. The number of fused-ring (bicyclic) bond motifs is 1. The third-order valence-corrected chi connectivity index (χ3v) is 4.66. The highest BCUT2D eigenvalue weighted by molar-refractivity contribution is 5.63. The molecule has 0 aromatic carbocycles. The summed E-state index contributed by atoms with van der Waals surface area (Å²) in [5.74, 6) is 0.660. The van der Waals surface area contributed by atoms with Gasteiger partial charge in [0.15, 0.2) is 0 Å². The standard InChI is InChI=1S/C18H15N7O3/c19-12-13-4-3-6-20-16(13)22-8-10-23(11-9-22)17-15(25(27)28)18(26)24-7-2-1-5-14(24)21-17/h1-7H,8-11H2. The first-order valence-corrected chi connectivity index (χ1v) is 8.61. The summed E-state index contributed by atoms with van der Waals surface area (Å²) in [6.45, 7) is 1.83. The number of nitro groups is 1. The molecular formula is C18H15N7O3. The highest BCUT2D eigenvalue weighted by Gasteiger charge is 2.30.